The van der Waals surface area contributed by atoms with E-state index in [-0.39, 0.29) is 34.5 Å². The Hall–Kier alpha value is -4.08. The molecule has 9 nitrogen and oxygen atoms in total. The summed E-state index contributed by atoms with van der Waals surface area (Å²) < 4.78 is 13.6. The lowest BCUT2D eigenvalue weighted by Crippen LogP contribution is -2.39. The van der Waals surface area contributed by atoms with Gasteiger partial charge in [0.05, 0.1) is 23.3 Å². The maximum atomic E-state index is 13.6. The van der Waals surface area contributed by atoms with Crippen LogP contribution in [-0.4, -0.2) is 42.3 Å². The average molecular weight is 448 g/mol. The van der Waals surface area contributed by atoms with Gasteiger partial charge in [-0.05, 0) is 49.9 Å². The van der Waals surface area contributed by atoms with Crippen LogP contribution in [-0.2, 0) is 0 Å². The lowest BCUT2D eigenvalue weighted by molar-refractivity contribution is 0.0595. The second-order valence-corrected chi connectivity index (χ2v) is 8.16. The van der Waals surface area contributed by atoms with Crippen molar-refractivity contribution < 1.29 is 9.18 Å². The Bertz CT molecular complexity index is 1490. The van der Waals surface area contributed by atoms with Gasteiger partial charge in [0.1, 0.15) is 23.0 Å². The summed E-state index contributed by atoms with van der Waals surface area (Å²) in [6, 6.07) is 7.47. The first kappa shape index (κ1) is 20.8. The zero-order chi connectivity index (χ0) is 23.1. The van der Waals surface area contributed by atoms with Gasteiger partial charge in [-0.2, -0.15) is 0 Å². The van der Waals surface area contributed by atoms with Crippen LogP contribution < -0.4 is 11.2 Å². The van der Waals surface area contributed by atoms with Crippen LogP contribution in [0.5, 0.6) is 0 Å². The number of nitrogens with zero attached hydrogens (tertiary/aromatic N) is 3. The molecule has 5 rings (SSSR count). The van der Waals surface area contributed by atoms with Crippen LogP contribution in [0.25, 0.3) is 22.3 Å². The van der Waals surface area contributed by atoms with Crippen molar-refractivity contribution in [3.63, 3.8) is 0 Å². The molecule has 4 aromatic rings. The van der Waals surface area contributed by atoms with Crippen LogP contribution >= 0.6 is 0 Å². The van der Waals surface area contributed by atoms with Gasteiger partial charge in [-0.1, -0.05) is 12.1 Å². The summed E-state index contributed by atoms with van der Waals surface area (Å²) in [5, 5.41) is 0.243. The monoisotopic (exact) mass is 448 g/mol. The van der Waals surface area contributed by atoms with Gasteiger partial charge in [-0.15, -0.1) is 0 Å². The van der Waals surface area contributed by atoms with Gasteiger partial charge in [0, 0.05) is 12.1 Å². The molecule has 3 N–H and O–H groups in total. The summed E-state index contributed by atoms with van der Waals surface area (Å²) in [5.41, 5.74) is 0.870. The Morgan fingerprint density at radius 1 is 1.15 bits per heavy atom. The fourth-order valence-electron chi connectivity index (χ4n) is 4.38. The van der Waals surface area contributed by atoms with Crippen molar-refractivity contribution in [1.29, 1.82) is 0 Å². The number of rotatable bonds is 3. The van der Waals surface area contributed by atoms with Crippen LogP contribution in [0.4, 0.5) is 4.39 Å². The summed E-state index contributed by atoms with van der Waals surface area (Å²) in [7, 11) is 0. The van der Waals surface area contributed by atoms with Gasteiger partial charge in [0.2, 0.25) is 0 Å². The second-order valence-electron chi connectivity index (χ2n) is 8.16. The van der Waals surface area contributed by atoms with Crippen molar-refractivity contribution >= 4 is 16.9 Å². The molecule has 4 heterocycles. The molecule has 0 aliphatic carbocycles. The summed E-state index contributed by atoms with van der Waals surface area (Å²) >= 11 is 0. The number of benzene rings is 1. The number of aryl methyl sites for hydroxylation is 1. The lowest BCUT2D eigenvalue weighted by Gasteiger charge is -2.34. The molecule has 0 radical (unpaired) electrons. The molecule has 168 valence electrons. The van der Waals surface area contributed by atoms with Crippen molar-refractivity contribution in [3.05, 3.63) is 80.3 Å². The van der Waals surface area contributed by atoms with E-state index in [1.165, 1.54) is 12.1 Å². The Labute approximate surface area is 186 Å². The van der Waals surface area contributed by atoms with Crippen molar-refractivity contribution in [1.82, 2.24) is 29.8 Å². The van der Waals surface area contributed by atoms with Crippen LogP contribution in [0.1, 0.15) is 47.2 Å². The molecule has 0 spiro atoms. The largest absolute Gasteiger partial charge is 0.340 e. The number of H-pyrrole nitrogens is 3. The molecule has 0 saturated carbocycles. The van der Waals surface area contributed by atoms with E-state index in [1.54, 1.807) is 36.2 Å². The predicted octanol–water partition coefficient (Wildman–Crippen LogP) is 2.82. The molecule has 1 atom stereocenters. The highest BCUT2D eigenvalue weighted by Crippen LogP contribution is 2.32. The topological polar surface area (TPSA) is 128 Å². The zero-order valence-electron chi connectivity index (χ0n) is 17.8. The molecule has 0 bridgehead atoms. The number of hydrogen-bond donors (Lipinski definition) is 3. The maximum absolute atomic E-state index is 13.6. The number of amides is 1. The molecule has 3 aromatic heterocycles. The highest BCUT2D eigenvalue weighted by Gasteiger charge is 2.32. The normalized spacial score (nSPS) is 16.3. The van der Waals surface area contributed by atoms with E-state index in [2.05, 4.69) is 24.9 Å². The first-order valence-corrected chi connectivity index (χ1v) is 10.7. The molecule has 1 unspecified atom stereocenters. The number of fused-ring (bicyclic) bond motifs is 1. The van der Waals surface area contributed by atoms with Crippen molar-refractivity contribution in [3.8, 4) is 11.3 Å². The molecular formula is C23H21FN6O3. The average Bonchev–Trinajstić information content (AvgIpc) is 3.28. The molecule has 1 aliphatic rings. The van der Waals surface area contributed by atoms with E-state index in [0.717, 1.165) is 12.8 Å². The van der Waals surface area contributed by atoms with Gasteiger partial charge in [0.15, 0.2) is 0 Å². The Morgan fingerprint density at radius 2 is 2.00 bits per heavy atom. The van der Waals surface area contributed by atoms with E-state index < -0.39 is 11.2 Å². The molecule has 33 heavy (non-hydrogen) atoms. The smallest absolute Gasteiger partial charge is 0.327 e. The van der Waals surface area contributed by atoms with Gasteiger partial charge in [-0.3, -0.25) is 19.6 Å². The van der Waals surface area contributed by atoms with E-state index in [9.17, 15) is 18.8 Å². The third kappa shape index (κ3) is 3.84. The number of piperidine rings is 1. The van der Waals surface area contributed by atoms with Crippen LogP contribution in [0, 0.1) is 12.7 Å². The third-order valence-corrected chi connectivity index (χ3v) is 5.93. The third-order valence-electron chi connectivity index (χ3n) is 5.93. The molecule has 1 fully saturated rings. The van der Waals surface area contributed by atoms with E-state index in [1.807, 2.05) is 0 Å². The zero-order valence-corrected chi connectivity index (χ0v) is 17.8. The molecule has 1 aromatic carbocycles. The Kier molecular flexibility index (Phi) is 5.12. The molecular weight excluding hydrogens is 427 g/mol. The number of aromatic nitrogens is 5. The fraction of sp³-hybridized carbons (Fsp3) is 0.261. The highest BCUT2D eigenvalue weighted by molar-refractivity contribution is 5.95. The van der Waals surface area contributed by atoms with Crippen LogP contribution in [0.3, 0.4) is 0 Å². The van der Waals surface area contributed by atoms with Crippen molar-refractivity contribution in [2.45, 2.75) is 32.2 Å². The number of carbonyl (C=O) groups is 1. The van der Waals surface area contributed by atoms with E-state index in [0.29, 0.717) is 35.6 Å². The molecule has 1 saturated heterocycles. The Balaban J connectivity index is 1.50. The summed E-state index contributed by atoms with van der Waals surface area (Å²) in [6.45, 7) is 2.21. The lowest BCUT2D eigenvalue weighted by atomic mass is 10.0. The number of imidazole rings is 1. The number of likely N-dealkylation sites (tertiary alicyclic amines) is 1. The van der Waals surface area contributed by atoms with Crippen molar-refractivity contribution in [2.75, 3.05) is 6.54 Å². The number of pyridine rings is 1. The first-order chi connectivity index (χ1) is 15.9. The predicted molar refractivity (Wildman–Crippen MR) is 119 cm³/mol. The minimum Gasteiger partial charge on any atom is -0.340 e. The fourth-order valence-corrected chi connectivity index (χ4v) is 4.38. The standard InChI is InChI=1S/C23H21FN6O3/c1-12-9-15(26-20-18(12)21(31)29-23(33)28-20)22(32)30-8-3-2-7-17(30)19-25-11-16(27-19)13-5-4-6-14(24)10-13/h4-6,9-11,17H,2-3,7-8H2,1H3,(H,25,27)(H2,26,28,29,31,33). The number of halogens is 1. The van der Waals surface area contributed by atoms with E-state index >= 15 is 0 Å². The van der Waals surface area contributed by atoms with Crippen LogP contribution in [0.2, 0.25) is 0 Å². The molecule has 1 aliphatic heterocycles. The summed E-state index contributed by atoms with van der Waals surface area (Å²) in [4.78, 5) is 55.7. The van der Waals surface area contributed by atoms with Gasteiger partial charge in [0.25, 0.3) is 11.5 Å². The first-order valence-electron chi connectivity index (χ1n) is 10.7. The number of nitrogens with one attached hydrogen (secondary N) is 3. The molecule has 10 heteroatoms. The van der Waals surface area contributed by atoms with Gasteiger partial charge >= 0.3 is 5.69 Å². The SMILES string of the molecule is Cc1cc(C(=O)N2CCCCC2c2ncc(-c3cccc(F)c3)[nH]2)nc2[nH]c(=O)[nH]c(=O)c12. The Morgan fingerprint density at radius 3 is 2.82 bits per heavy atom. The second kappa shape index (κ2) is 8.12. The minimum atomic E-state index is -0.680. The van der Waals surface area contributed by atoms with Crippen LogP contribution in [0.15, 0.2) is 46.1 Å². The quantitative estimate of drug-likeness (QED) is 0.444. The number of aromatic amines is 3. The maximum Gasteiger partial charge on any atom is 0.327 e. The summed E-state index contributed by atoms with van der Waals surface area (Å²) in [6.07, 6.45) is 4.11. The van der Waals surface area contributed by atoms with Gasteiger partial charge in [-0.25, -0.2) is 19.2 Å². The minimum absolute atomic E-state index is 0.0760. The number of hydrogen-bond acceptors (Lipinski definition) is 5. The summed E-state index contributed by atoms with van der Waals surface area (Å²) in [5.74, 6) is -0.0352. The van der Waals surface area contributed by atoms with E-state index in [4.69, 9.17) is 0 Å². The molecule has 1 amide bonds. The van der Waals surface area contributed by atoms with Crippen molar-refractivity contribution in [2.24, 2.45) is 0 Å². The van der Waals surface area contributed by atoms with Gasteiger partial charge < -0.3 is 9.88 Å². The highest BCUT2D eigenvalue weighted by atomic mass is 19.1. The number of carbonyl (C=O) groups excluding carboxylic acids is 1.